The number of fused-ring (bicyclic) bond motifs is 1. The van der Waals surface area contributed by atoms with Gasteiger partial charge in [-0.05, 0) is 81.7 Å². The van der Waals surface area contributed by atoms with E-state index in [9.17, 15) is 8.42 Å². The van der Waals surface area contributed by atoms with E-state index in [1.807, 2.05) is 6.07 Å². The van der Waals surface area contributed by atoms with Gasteiger partial charge in [0.1, 0.15) is 0 Å². The number of hydrogen-bond acceptors (Lipinski definition) is 5. The van der Waals surface area contributed by atoms with Crippen LogP contribution in [0, 0.1) is 23.7 Å². The molecule has 4 rings (SSSR count). The summed E-state index contributed by atoms with van der Waals surface area (Å²) in [5, 5.41) is 0. The first-order valence-corrected chi connectivity index (χ1v) is 17.4. The minimum absolute atomic E-state index is 0.00801. The highest BCUT2D eigenvalue weighted by molar-refractivity contribution is 7.91. The Bertz CT molecular complexity index is 1110. The van der Waals surface area contributed by atoms with E-state index in [1.54, 1.807) is 24.3 Å². The molecule has 6 heteroatoms. The number of rotatable bonds is 13. The first-order valence-electron chi connectivity index (χ1n) is 16.3. The molecule has 0 spiro atoms. The fourth-order valence-electron chi connectivity index (χ4n) is 7.25. The van der Waals surface area contributed by atoms with Crippen LogP contribution in [-0.2, 0) is 24.0 Å². The van der Waals surface area contributed by atoms with E-state index in [4.69, 9.17) is 15.6 Å². The molecule has 0 N–H and O–H groups in total. The van der Waals surface area contributed by atoms with Crippen molar-refractivity contribution in [3.63, 3.8) is 0 Å². The van der Waals surface area contributed by atoms with Gasteiger partial charge < -0.3 is 14.2 Å². The monoisotopic (exact) mass is 576 g/mol. The van der Waals surface area contributed by atoms with E-state index in [1.165, 1.54) is 0 Å². The van der Waals surface area contributed by atoms with Gasteiger partial charge in [-0.15, -0.1) is 0 Å². The van der Waals surface area contributed by atoms with Crippen LogP contribution in [0.3, 0.4) is 0 Å². The Morgan fingerprint density at radius 2 is 1.82 bits per heavy atom. The summed E-state index contributed by atoms with van der Waals surface area (Å²) in [6, 6.07) is 8.73. The van der Waals surface area contributed by atoms with Crippen LogP contribution < -0.4 is 0 Å². The Labute approximate surface area is 245 Å². The molecule has 1 aromatic carbocycles. The summed E-state index contributed by atoms with van der Waals surface area (Å²) >= 11 is 0. The third-order valence-corrected chi connectivity index (χ3v) is 12.0. The molecule has 3 aliphatic heterocycles. The Balaban J connectivity index is 1.42. The van der Waals surface area contributed by atoms with E-state index >= 15 is 0 Å². The van der Waals surface area contributed by atoms with Gasteiger partial charge >= 0.3 is 0 Å². The van der Waals surface area contributed by atoms with Crippen LogP contribution in [-0.4, -0.2) is 50.3 Å². The standard InChI is InChI=1S/C34H54O5S/c1-8-23(3)19-32-27(7)30(22-40(35,36)29-13-11-10-12-14-29)31(38-32)17-15-24(4)25(5)20-28-16-18-33-34(9-2,39-28)21-26(6)37-33/h10-14,23,25-28,30-33H,4,8-9,15-22H2,1-3,5-7H3/t23-,25-,26+,27-,28?,30-,31+,32?,33+,34+/m1/s1/i15T/t15-,23+,25+,26-,27+,28?,30+,31-,32?,33-,34-/m0. The maximum atomic E-state index is 13.4. The molecule has 3 saturated heterocycles. The molecule has 40 heavy (non-hydrogen) atoms. The number of benzene rings is 1. The lowest BCUT2D eigenvalue weighted by molar-refractivity contribution is -0.170. The normalized spacial score (nSPS) is 37.0. The highest BCUT2D eigenvalue weighted by Gasteiger charge is 2.51. The molecule has 0 radical (unpaired) electrons. The van der Waals surface area contributed by atoms with Crippen molar-refractivity contribution in [2.24, 2.45) is 23.7 Å². The number of sulfone groups is 1. The molecule has 11 atom stereocenters. The fraction of sp³-hybridized carbons (Fsp3) is 0.765. The second kappa shape index (κ2) is 13.4. The Kier molecular flexibility index (Phi) is 10.1. The zero-order chi connectivity index (χ0) is 29.9. The third kappa shape index (κ3) is 7.22. The van der Waals surface area contributed by atoms with Crippen molar-refractivity contribution >= 4 is 9.84 Å². The maximum absolute atomic E-state index is 13.4. The van der Waals surface area contributed by atoms with E-state index in [-0.39, 0.29) is 59.6 Å². The van der Waals surface area contributed by atoms with Crippen LogP contribution in [0.2, 0.25) is 0 Å². The topological polar surface area (TPSA) is 61.8 Å². The maximum Gasteiger partial charge on any atom is 0.178 e. The molecule has 3 heterocycles. The molecule has 1 aromatic rings. The zero-order valence-corrected chi connectivity index (χ0v) is 26.5. The molecular formula is C34H54O5S. The van der Waals surface area contributed by atoms with Gasteiger partial charge in [-0.3, -0.25) is 0 Å². The van der Waals surface area contributed by atoms with Crippen LogP contribution in [0.1, 0.15) is 101 Å². The van der Waals surface area contributed by atoms with Gasteiger partial charge in [0, 0.05) is 13.7 Å². The van der Waals surface area contributed by atoms with Crippen molar-refractivity contribution < 1.29 is 24.0 Å². The average molecular weight is 577 g/mol. The molecule has 0 aromatic heterocycles. The molecule has 226 valence electrons. The summed E-state index contributed by atoms with van der Waals surface area (Å²) in [7, 11) is -3.47. The molecule has 2 unspecified atom stereocenters. The predicted molar refractivity (Wildman–Crippen MR) is 162 cm³/mol. The quantitative estimate of drug-likeness (QED) is 0.224. The summed E-state index contributed by atoms with van der Waals surface area (Å²) in [4.78, 5) is 0.360. The summed E-state index contributed by atoms with van der Waals surface area (Å²) in [5.74, 6) is 0.636. The molecule has 0 aliphatic carbocycles. The lowest BCUT2D eigenvalue weighted by atomic mass is 9.81. The smallest absolute Gasteiger partial charge is 0.178 e. The second-order valence-electron chi connectivity index (χ2n) is 13.1. The van der Waals surface area contributed by atoms with Crippen molar-refractivity contribution in [3.8, 4) is 0 Å². The summed E-state index contributed by atoms with van der Waals surface area (Å²) in [6.45, 7) is 17.4. The Hall–Kier alpha value is -1.21. The van der Waals surface area contributed by atoms with E-state index in [0.717, 1.165) is 50.5 Å². The van der Waals surface area contributed by atoms with Crippen molar-refractivity contribution in [1.82, 2.24) is 0 Å². The van der Waals surface area contributed by atoms with Crippen LogP contribution in [0.15, 0.2) is 47.4 Å². The van der Waals surface area contributed by atoms with E-state index in [0.29, 0.717) is 17.2 Å². The molecular weight excluding hydrogens is 520 g/mol. The molecule has 0 amide bonds. The second-order valence-corrected chi connectivity index (χ2v) is 15.1. The molecule has 5 nitrogen and oxygen atoms in total. The lowest BCUT2D eigenvalue weighted by Gasteiger charge is -2.42. The fourth-order valence-corrected chi connectivity index (χ4v) is 9.04. The highest BCUT2D eigenvalue weighted by Crippen LogP contribution is 2.45. The van der Waals surface area contributed by atoms with Gasteiger partial charge in [0.2, 0.25) is 0 Å². The Morgan fingerprint density at radius 3 is 2.50 bits per heavy atom. The summed E-state index contributed by atoms with van der Waals surface area (Å²) in [5.41, 5.74) is 0.711. The van der Waals surface area contributed by atoms with Gasteiger partial charge in [-0.2, -0.15) is 0 Å². The molecule has 3 aliphatic rings. The highest BCUT2D eigenvalue weighted by atomic mass is 32.2. The van der Waals surface area contributed by atoms with Gasteiger partial charge in [-0.25, -0.2) is 8.42 Å². The van der Waals surface area contributed by atoms with Crippen LogP contribution in [0.4, 0.5) is 0 Å². The number of allylic oxidation sites excluding steroid dienone is 1. The largest absolute Gasteiger partial charge is 0.374 e. The zero-order valence-electron chi connectivity index (χ0n) is 26.7. The predicted octanol–water partition coefficient (Wildman–Crippen LogP) is 7.78. The van der Waals surface area contributed by atoms with Gasteiger partial charge in [0.25, 0.3) is 0 Å². The number of ether oxygens (including phenoxy) is 3. The summed E-state index contributed by atoms with van der Waals surface area (Å²) in [6.07, 6.45) is 6.98. The van der Waals surface area contributed by atoms with Crippen molar-refractivity contribution in [2.75, 3.05) is 5.75 Å². The van der Waals surface area contributed by atoms with Crippen molar-refractivity contribution in [1.29, 1.82) is 0 Å². The van der Waals surface area contributed by atoms with Gasteiger partial charge in [0.05, 0.1) is 46.8 Å². The van der Waals surface area contributed by atoms with Crippen molar-refractivity contribution in [3.05, 3.63) is 42.5 Å². The minimum Gasteiger partial charge on any atom is -0.374 e. The third-order valence-electron chi connectivity index (χ3n) is 10.2. The molecule has 0 bridgehead atoms. The minimum atomic E-state index is -3.47. The van der Waals surface area contributed by atoms with Crippen LogP contribution in [0.25, 0.3) is 0 Å². The SMILES string of the molecule is [3H][C@@H](C[C@@H]1OC(C[C@H](C)CC)[C@H](C)[C@H]1CS(=O)(=O)c1ccccc1)C(=C)[C@H](C)CC1CC[C@@H]2O[C@@H](C)C[C@]2(CC)O1. The van der Waals surface area contributed by atoms with Gasteiger partial charge in [0.15, 0.2) is 9.84 Å². The van der Waals surface area contributed by atoms with Crippen LogP contribution in [0.5, 0.6) is 0 Å². The lowest BCUT2D eigenvalue weighted by Crippen LogP contribution is -2.48. The van der Waals surface area contributed by atoms with Crippen molar-refractivity contribution in [2.45, 2.75) is 140 Å². The Morgan fingerprint density at radius 1 is 1.10 bits per heavy atom. The van der Waals surface area contributed by atoms with Gasteiger partial charge in [-0.1, -0.05) is 71.4 Å². The molecule has 3 fully saturated rings. The van der Waals surface area contributed by atoms with Crippen LogP contribution >= 0.6 is 0 Å². The summed E-state index contributed by atoms with van der Waals surface area (Å²) < 4.78 is 55.5. The van der Waals surface area contributed by atoms with E-state index in [2.05, 4.69) is 48.1 Å². The first kappa shape index (κ1) is 30.3. The van der Waals surface area contributed by atoms with E-state index < -0.39 is 16.2 Å². The molecule has 0 saturated carbocycles. The number of hydrogen-bond donors (Lipinski definition) is 0. The average Bonchev–Trinajstić information content (AvgIpc) is 3.43. The first-order chi connectivity index (χ1) is 19.4.